The van der Waals surface area contributed by atoms with Gasteiger partial charge in [0.05, 0.1) is 0 Å². The number of hydrogen-bond acceptors (Lipinski definition) is 2. The molecule has 5 atom stereocenters. The van der Waals surface area contributed by atoms with Gasteiger partial charge >= 0.3 is 0 Å². The lowest BCUT2D eigenvalue weighted by molar-refractivity contribution is -0.123. The van der Waals surface area contributed by atoms with Gasteiger partial charge < -0.3 is 10.2 Å². The number of fused-ring (bicyclic) bond motifs is 1. The van der Waals surface area contributed by atoms with E-state index >= 15 is 0 Å². The summed E-state index contributed by atoms with van der Waals surface area (Å²) in [6.45, 7) is 4.37. The van der Waals surface area contributed by atoms with Crippen LogP contribution in [0.3, 0.4) is 0 Å². The first kappa shape index (κ1) is 20.2. The van der Waals surface area contributed by atoms with Gasteiger partial charge in [0.2, 0.25) is 5.91 Å². The van der Waals surface area contributed by atoms with Crippen molar-refractivity contribution in [1.29, 1.82) is 0 Å². The third kappa shape index (κ3) is 3.50. The number of carbonyl (C=O) groups is 1. The summed E-state index contributed by atoms with van der Waals surface area (Å²) in [5.41, 5.74) is 3.69. The van der Waals surface area contributed by atoms with Crippen LogP contribution in [0.15, 0.2) is 42.5 Å². The third-order valence-corrected chi connectivity index (χ3v) is 8.07. The number of rotatable bonds is 3. The van der Waals surface area contributed by atoms with Crippen LogP contribution in [0, 0.1) is 11.8 Å². The molecule has 0 spiro atoms. The Bertz CT molecular complexity index is 939. The maximum Gasteiger partial charge on any atom is 0.223 e. The lowest BCUT2D eigenvalue weighted by Crippen LogP contribution is -2.35. The molecule has 1 saturated carbocycles. The Morgan fingerprint density at radius 2 is 1.67 bits per heavy atom. The molecule has 5 rings (SSSR count). The minimum atomic E-state index is 0.0829. The van der Waals surface area contributed by atoms with Crippen LogP contribution in [0.1, 0.15) is 55.6 Å². The molecule has 5 heteroatoms. The van der Waals surface area contributed by atoms with Gasteiger partial charge in [-0.15, -0.1) is 0 Å². The molecule has 1 amide bonds. The molecule has 1 unspecified atom stereocenters. The van der Waals surface area contributed by atoms with Crippen molar-refractivity contribution < 1.29 is 4.79 Å². The van der Waals surface area contributed by atoms with Gasteiger partial charge in [-0.05, 0) is 85.8 Å². The average Bonchev–Trinajstić information content (AvgIpc) is 3.37. The minimum absolute atomic E-state index is 0.0829. The smallest absolute Gasteiger partial charge is 0.223 e. The number of carbonyl (C=O) groups excluding carboxylic acids is 1. The monoisotopic (exact) mass is 442 g/mol. The van der Waals surface area contributed by atoms with Crippen LogP contribution in [0.4, 0.5) is 5.69 Å². The topological polar surface area (TPSA) is 32.3 Å². The highest BCUT2D eigenvalue weighted by Gasteiger charge is 2.50. The molecule has 2 aromatic carbocycles. The average molecular weight is 443 g/mol. The van der Waals surface area contributed by atoms with E-state index in [0.717, 1.165) is 36.0 Å². The number of halogens is 2. The Morgan fingerprint density at radius 3 is 2.37 bits per heavy atom. The van der Waals surface area contributed by atoms with Crippen molar-refractivity contribution in [2.75, 3.05) is 18.0 Å². The van der Waals surface area contributed by atoms with E-state index in [1.165, 1.54) is 29.7 Å². The summed E-state index contributed by atoms with van der Waals surface area (Å²) in [4.78, 5) is 15.0. The normalized spacial score (nSPS) is 31.0. The van der Waals surface area contributed by atoms with Crippen molar-refractivity contribution >= 4 is 34.8 Å². The Balaban J connectivity index is 1.54. The second-order valence-corrected chi connectivity index (χ2v) is 9.99. The highest BCUT2D eigenvalue weighted by atomic mass is 35.5. The summed E-state index contributed by atoms with van der Waals surface area (Å²) in [5, 5.41) is 4.79. The lowest BCUT2D eigenvalue weighted by atomic mass is 9.62. The van der Waals surface area contributed by atoms with Crippen LogP contribution in [0.2, 0.25) is 10.0 Å². The predicted molar refractivity (Wildman–Crippen MR) is 124 cm³/mol. The van der Waals surface area contributed by atoms with E-state index < -0.39 is 0 Å². The first-order valence-electron chi connectivity index (χ1n) is 11.1. The molecule has 3 aliphatic rings. The maximum absolute atomic E-state index is 12.6. The van der Waals surface area contributed by atoms with E-state index in [0.29, 0.717) is 5.92 Å². The Morgan fingerprint density at radius 1 is 0.967 bits per heavy atom. The number of anilines is 1. The number of nitrogens with zero attached hydrogens (tertiary/aromatic N) is 1. The molecule has 2 aliphatic heterocycles. The number of nitrogens with one attached hydrogen (secondary N) is 1. The van der Waals surface area contributed by atoms with Crippen LogP contribution in [-0.2, 0) is 4.79 Å². The molecule has 1 N–H and O–H groups in total. The van der Waals surface area contributed by atoms with Crippen LogP contribution < -0.4 is 10.2 Å². The molecule has 2 heterocycles. The fourth-order valence-electron chi connectivity index (χ4n) is 6.12. The summed E-state index contributed by atoms with van der Waals surface area (Å²) in [6, 6.07) is 15.0. The summed E-state index contributed by atoms with van der Waals surface area (Å²) in [5.74, 6) is 1.10. The van der Waals surface area contributed by atoms with E-state index in [2.05, 4.69) is 47.5 Å². The van der Waals surface area contributed by atoms with Crippen molar-refractivity contribution in [3.63, 3.8) is 0 Å². The zero-order valence-electron chi connectivity index (χ0n) is 17.3. The number of hydrogen-bond donors (Lipinski definition) is 1. The van der Waals surface area contributed by atoms with Gasteiger partial charge in [-0.1, -0.05) is 41.4 Å². The standard InChI is InChI=1S/C25H28Cl2N2O/c1-15-23-21(25(30)28-15)11-10-20(24(23)16-4-6-17(26)7-5-16)19-9-8-18(14-22(19)27)29-12-2-3-13-29/h4-9,14-15,20-21,23-24H,2-3,10-13H2,1H3,(H,28,30)/t15-,20+,21?,23-,24+/m1/s1. The third-order valence-electron chi connectivity index (χ3n) is 7.50. The van der Waals surface area contributed by atoms with Crippen LogP contribution in [-0.4, -0.2) is 25.0 Å². The second kappa shape index (κ2) is 8.09. The van der Waals surface area contributed by atoms with E-state index in [9.17, 15) is 4.79 Å². The van der Waals surface area contributed by atoms with Gasteiger partial charge in [0.15, 0.2) is 0 Å². The van der Waals surface area contributed by atoms with Crippen molar-refractivity contribution in [2.24, 2.45) is 11.8 Å². The molecule has 30 heavy (non-hydrogen) atoms. The van der Waals surface area contributed by atoms with Gasteiger partial charge in [-0.25, -0.2) is 0 Å². The molecule has 3 nitrogen and oxygen atoms in total. The molecule has 0 aromatic heterocycles. The molecule has 0 bridgehead atoms. The zero-order valence-corrected chi connectivity index (χ0v) is 18.8. The van der Waals surface area contributed by atoms with Crippen LogP contribution in [0.5, 0.6) is 0 Å². The first-order valence-corrected chi connectivity index (χ1v) is 11.9. The highest BCUT2D eigenvalue weighted by molar-refractivity contribution is 6.31. The van der Waals surface area contributed by atoms with Gasteiger partial charge in [0, 0.05) is 40.8 Å². The molecule has 158 valence electrons. The molecule has 0 radical (unpaired) electrons. The quantitative estimate of drug-likeness (QED) is 0.631. The van der Waals surface area contributed by atoms with Gasteiger partial charge in [-0.3, -0.25) is 4.79 Å². The van der Waals surface area contributed by atoms with Gasteiger partial charge in [-0.2, -0.15) is 0 Å². The fourth-order valence-corrected chi connectivity index (χ4v) is 6.56. The van der Waals surface area contributed by atoms with Crippen molar-refractivity contribution in [3.8, 4) is 0 Å². The van der Waals surface area contributed by atoms with Gasteiger partial charge in [0.1, 0.15) is 0 Å². The van der Waals surface area contributed by atoms with E-state index in [1.54, 1.807) is 0 Å². The molecular formula is C25H28Cl2N2O. The van der Waals surface area contributed by atoms with Crippen molar-refractivity contribution in [2.45, 2.75) is 50.5 Å². The Hall–Kier alpha value is -1.71. The van der Waals surface area contributed by atoms with Crippen LogP contribution >= 0.6 is 23.2 Å². The summed E-state index contributed by atoms with van der Waals surface area (Å²) < 4.78 is 0. The zero-order chi connectivity index (χ0) is 20.8. The number of amides is 1. The minimum Gasteiger partial charge on any atom is -0.371 e. The predicted octanol–water partition coefficient (Wildman–Crippen LogP) is 6.01. The fraction of sp³-hybridized carbons (Fsp3) is 0.480. The summed E-state index contributed by atoms with van der Waals surface area (Å²) in [7, 11) is 0. The van der Waals surface area contributed by atoms with Crippen LogP contribution in [0.25, 0.3) is 0 Å². The highest BCUT2D eigenvalue weighted by Crippen LogP contribution is 2.54. The molecule has 3 fully saturated rings. The number of benzene rings is 2. The largest absolute Gasteiger partial charge is 0.371 e. The molecule has 2 saturated heterocycles. The van der Waals surface area contributed by atoms with Gasteiger partial charge in [0.25, 0.3) is 0 Å². The first-order chi connectivity index (χ1) is 14.5. The SMILES string of the molecule is C[C@H]1NC(=O)C2CC[C@@H](c3ccc(N4CCCC4)cc3Cl)[C@H](c3ccc(Cl)cc3)[C@@H]21. The maximum atomic E-state index is 12.6. The molecule has 2 aromatic rings. The Kier molecular flexibility index (Phi) is 5.45. The van der Waals surface area contributed by atoms with E-state index in [1.807, 2.05) is 12.1 Å². The van der Waals surface area contributed by atoms with Crippen molar-refractivity contribution in [1.82, 2.24) is 5.32 Å². The summed E-state index contributed by atoms with van der Waals surface area (Å²) in [6.07, 6.45) is 4.39. The second-order valence-electron chi connectivity index (χ2n) is 9.14. The van der Waals surface area contributed by atoms with E-state index in [-0.39, 0.29) is 29.7 Å². The summed E-state index contributed by atoms with van der Waals surface area (Å²) >= 11 is 13.1. The lowest BCUT2D eigenvalue weighted by Gasteiger charge is -2.41. The molecule has 1 aliphatic carbocycles. The van der Waals surface area contributed by atoms with Crippen molar-refractivity contribution in [3.05, 3.63) is 63.6 Å². The van der Waals surface area contributed by atoms with E-state index in [4.69, 9.17) is 23.2 Å². The Labute approximate surface area is 188 Å². The molecular weight excluding hydrogens is 415 g/mol.